The van der Waals surface area contributed by atoms with Crippen LogP contribution in [0.3, 0.4) is 0 Å². The monoisotopic (exact) mass is 367 g/mol. The highest BCUT2D eigenvalue weighted by Crippen LogP contribution is 2.34. The number of aryl methyl sites for hydroxylation is 1. The summed E-state index contributed by atoms with van der Waals surface area (Å²) in [4.78, 5) is 37.2. The van der Waals surface area contributed by atoms with E-state index >= 15 is 0 Å². The van der Waals surface area contributed by atoms with Crippen molar-refractivity contribution in [2.75, 3.05) is 18.5 Å². The number of hydrogen-bond acceptors (Lipinski definition) is 6. The van der Waals surface area contributed by atoms with Gasteiger partial charge in [-0.2, -0.15) is 0 Å². The van der Waals surface area contributed by atoms with E-state index in [4.69, 9.17) is 9.47 Å². The van der Waals surface area contributed by atoms with Gasteiger partial charge in [0.1, 0.15) is 5.00 Å². The second-order valence-corrected chi connectivity index (χ2v) is 7.28. The van der Waals surface area contributed by atoms with Crippen LogP contribution in [-0.2, 0) is 25.5 Å². The summed E-state index contributed by atoms with van der Waals surface area (Å²) in [5, 5.41) is 3.15. The third kappa shape index (κ3) is 4.81. The fourth-order valence-electron chi connectivity index (χ4n) is 3.09. The first kappa shape index (κ1) is 19.4. The molecule has 1 aliphatic carbocycles. The summed E-state index contributed by atoms with van der Waals surface area (Å²) < 4.78 is 10.2. The van der Waals surface area contributed by atoms with Crippen molar-refractivity contribution in [2.24, 2.45) is 5.92 Å². The molecule has 1 fully saturated rings. The van der Waals surface area contributed by atoms with Crippen LogP contribution in [0.25, 0.3) is 0 Å². The lowest BCUT2D eigenvalue weighted by atomic mass is 10.1. The summed E-state index contributed by atoms with van der Waals surface area (Å²) in [5.74, 6) is -1.28. The van der Waals surface area contributed by atoms with Crippen LogP contribution in [0.1, 0.15) is 60.3 Å². The average Bonchev–Trinajstić information content (AvgIpc) is 3.20. The number of thiophene rings is 1. The predicted molar refractivity (Wildman–Crippen MR) is 95.9 cm³/mol. The zero-order valence-corrected chi connectivity index (χ0v) is 15.8. The third-order valence-electron chi connectivity index (χ3n) is 4.33. The topological polar surface area (TPSA) is 81.7 Å². The second kappa shape index (κ2) is 8.99. The van der Waals surface area contributed by atoms with Gasteiger partial charge in [-0.15, -0.1) is 11.3 Å². The van der Waals surface area contributed by atoms with Gasteiger partial charge in [-0.3, -0.25) is 9.59 Å². The summed E-state index contributed by atoms with van der Waals surface area (Å²) in [6, 6.07) is 0. The van der Waals surface area contributed by atoms with E-state index in [1.807, 2.05) is 13.8 Å². The van der Waals surface area contributed by atoms with Crippen LogP contribution in [-0.4, -0.2) is 31.1 Å². The number of anilines is 1. The zero-order valence-electron chi connectivity index (χ0n) is 15.0. The van der Waals surface area contributed by atoms with Gasteiger partial charge in [0.2, 0.25) is 0 Å². The number of nitrogens with one attached hydrogen (secondary N) is 1. The van der Waals surface area contributed by atoms with Crippen LogP contribution in [0.5, 0.6) is 0 Å². The van der Waals surface area contributed by atoms with Crippen molar-refractivity contribution in [3.8, 4) is 0 Å². The van der Waals surface area contributed by atoms with Gasteiger partial charge in [-0.25, -0.2) is 4.79 Å². The van der Waals surface area contributed by atoms with E-state index in [1.54, 1.807) is 6.92 Å². The Hall–Kier alpha value is -1.89. The highest BCUT2D eigenvalue weighted by atomic mass is 32.1. The number of amides is 1. The molecule has 138 valence electrons. The van der Waals surface area contributed by atoms with Crippen molar-refractivity contribution in [1.29, 1.82) is 0 Å². The summed E-state index contributed by atoms with van der Waals surface area (Å²) in [5.41, 5.74) is 1.28. The molecule has 0 spiro atoms. The van der Waals surface area contributed by atoms with E-state index < -0.39 is 11.9 Å². The average molecular weight is 367 g/mol. The molecular weight excluding hydrogens is 342 g/mol. The van der Waals surface area contributed by atoms with Crippen molar-refractivity contribution < 1.29 is 23.9 Å². The van der Waals surface area contributed by atoms with Gasteiger partial charge in [0, 0.05) is 4.88 Å². The first-order valence-corrected chi connectivity index (χ1v) is 9.55. The molecule has 0 unspecified atom stereocenters. The normalized spacial score (nSPS) is 14.4. The largest absolute Gasteiger partial charge is 0.462 e. The number of esters is 2. The Kier molecular flexibility index (Phi) is 6.99. The van der Waals surface area contributed by atoms with Crippen LogP contribution in [0, 0.1) is 12.8 Å². The molecule has 1 aromatic heterocycles. The van der Waals surface area contributed by atoms with E-state index in [0.717, 1.165) is 36.1 Å². The first-order valence-electron chi connectivity index (χ1n) is 8.73. The smallest absolute Gasteiger partial charge is 0.341 e. The molecule has 1 amide bonds. The van der Waals surface area contributed by atoms with E-state index in [0.29, 0.717) is 17.0 Å². The Morgan fingerprint density at radius 2 is 1.84 bits per heavy atom. The van der Waals surface area contributed by atoms with Gasteiger partial charge in [-0.05, 0) is 38.7 Å². The molecule has 1 saturated carbocycles. The molecule has 1 aliphatic rings. The molecule has 0 atom stereocenters. The fourth-order valence-corrected chi connectivity index (χ4v) is 4.24. The number of carbonyl (C=O) groups is 3. The number of rotatable bonds is 7. The number of hydrogen-bond donors (Lipinski definition) is 1. The fraction of sp³-hybridized carbons (Fsp3) is 0.611. The van der Waals surface area contributed by atoms with Gasteiger partial charge in [-0.1, -0.05) is 19.8 Å². The first-order chi connectivity index (χ1) is 12.0. The predicted octanol–water partition coefficient (Wildman–Crippen LogP) is 3.47. The maximum absolute atomic E-state index is 12.2. The molecule has 25 heavy (non-hydrogen) atoms. The van der Waals surface area contributed by atoms with Gasteiger partial charge < -0.3 is 14.8 Å². The quantitative estimate of drug-likeness (QED) is 0.746. The minimum absolute atomic E-state index is 0.0847. The second-order valence-electron chi connectivity index (χ2n) is 6.05. The lowest BCUT2D eigenvalue weighted by Crippen LogP contribution is -2.24. The summed E-state index contributed by atoms with van der Waals surface area (Å²) >= 11 is 1.33. The van der Waals surface area contributed by atoms with Gasteiger partial charge in [0.15, 0.2) is 6.61 Å². The molecule has 0 saturated heterocycles. The van der Waals surface area contributed by atoms with Crippen molar-refractivity contribution in [3.63, 3.8) is 0 Å². The molecule has 1 aromatic rings. The molecule has 0 bridgehead atoms. The van der Waals surface area contributed by atoms with Crippen molar-refractivity contribution in [3.05, 3.63) is 16.0 Å². The molecule has 1 heterocycles. The Morgan fingerprint density at radius 1 is 1.16 bits per heavy atom. The molecule has 7 heteroatoms. The van der Waals surface area contributed by atoms with Crippen LogP contribution in [0.2, 0.25) is 0 Å². The molecule has 6 nitrogen and oxygen atoms in total. The standard InChI is InChI=1S/C18H25NO5S/c1-4-13-11(3)25-16(15(13)18(22)23-5-2)19-14(20)10-24-17(21)12-8-6-7-9-12/h12H,4-10H2,1-3H3,(H,19,20). The van der Waals surface area contributed by atoms with Crippen LogP contribution < -0.4 is 5.32 Å². The number of ether oxygens (including phenoxy) is 2. The highest BCUT2D eigenvalue weighted by Gasteiger charge is 2.26. The molecule has 0 aliphatic heterocycles. The molecular formula is C18H25NO5S. The van der Waals surface area contributed by atoms with Crippen molar-refractivity contribution in [1.82, 2.24) is 0 Å². The Bertz CT molecular complexity index is 646. The minimum Gasteiger partial charge on any atom is -0.462 e. The summed E-state index contributed by atoms with van der Waals surface area (Å²) in [6.07, 6.45) is 4.39. The lowest BCUT2D eigenvalue weighted by Gasteiger charge is -2.10. The van der Waals surface area contributed by atoms with Crippen molar-refractivity contribution in [2.45, 2.75) is 52.9 Å². The van der Waals surface area contributed by atoms with Crippen LogP contribution in [0.4, 0.5) is 5.00 Å². The Labute approximate surface area is 151 Å². The number of carbonyl (C=O) groups excluding carboxylic acids is 3. The summed E-state index contributed by atoms with van der Waals surface area (Å²) in [6.45, 7) is 5.53. The van der Waals surface area contributed by atoms with Crippen LogP contribution in [0.15, 0.2) is 0 Å². The Balaban J connectivity index is 2.02. The highest BCUT2D eigenvalue weighted by molar-refractivity contribution is 7.16. The lowest BCUT2D eigenvalue weighted by molar-refractivity contribution is -0.151. The van der Waals surface area contributed by atoms with E-state index in [-0.39, 0.29) is 25.1 Å². The SMILES string of the molecule is CCOC(=O)c1c(NC(=O)COC(=O)C2CCCC2)sc(C)c1CC. The van der Waals surface area contributed by atoms with Crippen molar-refractivity contribution >= 4 is 34.2 Å². The Morgan fingerprint density at radius 3 is 2.44 bits per heavy atom. The van der Waals surface area contributed by atoms with Gasteiger partial charge in [0.25, 0.3) is 5.91 Å². The minimum atomic E-state index is -0.444. The maximum atomic E-state index is 12.2. The van der Waals surface area contributed by atoms with E-state index in [1.165, 1.54) is 11.3 Å². The zero-order chi connectivity index (χ0) is 18.4. The molecule has 0 radical (unpaired) electrons. The summed E-state index contributed by atoms with van der Waals surface area (Å²) in [7, 11) is 0. The van der Waals surface area contributed by atoms with E-state index in [2.05, 4.69) is 5.32 Å². The maximum Gasteiger partial charge on any atom is 0.341 e. The molecule has 1 N–H and O–H groups in total. The van der Waals surface area contributed by atoms with E-state index in [9.17, 15) is 14.4 Å². The van der Waals surface area contributed by atoms with Gasteiger partial charge >= 0.3 is 11.9 Å². The van der Waals surface area contributed by atoms with Gasteiger partial charge in [0.05, 0.1) is 18.1 Å². The molecule has 0 aromatic carbocycles. The van der Waals surface area contributed by atoms with Crippen LogP contribution >= 0.6 is 11.3 Å². The third-order valence-corrected chi connectivity index (χ3v) is 5.39. The molecule has 2 rings (SSSR count).